The van der Waals surface area contributed by atoms with Crippen molar-refractivity contribution in [3.63, 3.8) is 0 Å². The topological polar surface area (TPSA) is 84.5 Å². The zero-order chi connectivity index (χ0) is 21.4. The SMILES string of the molecule is CC(=O)CCc1ccc(OCC(=O)NCC(=O)Nc2c(C)cc(C)cc2C)cc1. The van der Waals surface area contributed by atoms with Gasteiger partial charge in [-0.2, -0.15) is 0 Å². The molecule has 6 heteroatoms. The van der Waals surface area contributed by atoms with Crippen LogP contribution in [0.4, 0.5) is 5.69 Å². The standard InChI is InChI=1S/C23H28N2O4/c1-15-11-16(2)23(17(3)12-15)25-21(27)13-24-22(28)14-29-20-9-7-19(8-10-20)6-5-18(4)26/h7-12H,5-6,13-14H2,1-4H3,(H,24,28)(H,25,27). The Labute approximate surface area is 171 Å². The molecule has 0 bridgehead atoms. The lowest BCUT2D eigenvalue weighted by Gasteiger charge is -2.13. The second-order valence-corrected chi connectivity index (χ2v) is 7.23. The van der Waals surface area contributed by atoms with Gasteiger partial charge in [0.25, 0.3) is 5.91 Å². The fraction of sp³-hybridized carbons (Fsp3) is 0.348. The van der Waals surface area contributed by atoms with Crippen LogP contribution in [0.15, 0.2) is 36.4 Å². The average molecular weight is 396 g/mol. The van der Waals surface area contributed by atoms with E-state index < -0.39 is 0 Å². The van der Waals surface area contributed by atoms with Gasteiger partial charge < -0.3 is 20.2 Å². The summed E-state index contributed by atoms with van der Waals surface area (Å²) in [6.45, 7) is 7.15. The number of carbonyl (C=O) groups excluding carboxylic acids is 3. The Bertz CT molecular complexity index is 865. The van der Waals surface area contributed by atoms with Crippen molar-refractivity contribution in [2.45, 2.75) is 40.5 Å². The van der Waals surface area contributed by atoms with E-state index in [-0.39, 0.29) is 30.7 Å². The molecule has 2 amide bonds. The van der Waals surface area contributed by atoms with Crippen LogP contribution in [-0.2, 0) is 20.8 Å². The number of amides is 2. The molecule has 0 spiro atoms. The highest BCUT2D eigenvalue weighted by Gasteiger charge is 2.10. The summed E-state index contributed by atoms with van der Waals surface area (Å²) in [7, 11) is 0. The Kier molecular flexibility index (Phi) is 7.95. The first-order chi connectivity index (χ1) is 13.7. The molecule has 0 saturated heterocycles. The highest BCUT2D eigenvalue weighted by atomic mass is 16.5. The molecule has 6 nitrogen and oxygen atoms in total. The lowest BCUT2D eigenvalue weighted by Crippen LogP contribution is -2.36. The number of aryl methyl sites for hydroxylation is 4. The fourth-order valence-corrected chi connectivity index (χ4v) is 3.01. The maximum Gasteiger partial charge on any atom is 0.258 e. The summed E-state index contributed by atoms with van der Waals surface area (Å²) in [5.74, 6) is 0.0437. The average Bonchev–Trinajstić information content (AvgIpc) is 2.66. The maximum absolute atomic E-state index is 12.1. The van der Waals surface area contributed by atoms with E-state index in [4.69, 9.17) is 4.74 Å². The molecular formula is C23H28N2O4. The summed E-state index contributed by atoms with van der Waals surface area (Å²) >= 11 is 0. The van der Waals surface area contributed by atoms with Gasteiger partial charge in [0.1, 0.15) is 11.5 Å². The first-order valence-electron chi connectivity index (χ1n) is 9.60. The molecule has 29 heavy (non-hydrogen) atoms. The highest BCUT2D eigenvalue weighted by molar-refractivity contribution is 5.95. The molecule has 0 heterocycles. The van der Waals surface area contributed by atoms with E-state index in [9.17, 15) is 14.4 Å². The zero-order valence-electron chi connectivity index (χ0n) is 17.4. The van der Waals surface area contributed by atoms with Crippen LogP contribution >= 0.6 is 0 Å². The van der Waals surface area contributed by atoms with Gasteiger partial charge in [0.05, 0.1) is 6.54 Å². The van der Waals surface area contributed by atoms with Crippen molar-refractivity contribution in [1.82, 2.24) is 5.32 Å². The number of anilines is 1. The van der Waals surface area contributed by atoms with Gasteiger partial charge in [-0.05, 0) is 62.9 Å². The highest BCUT2D eigenvalue weighted by Crippen LogP contribution is 2.21. The number of hydrogen-bond donors (Lipinski definition) is 2. The Balaban J connectivity index is 1.75. The van der Waals surface area contributed by atoms with Crippen molar-refractivity contribution in [1.29, 1.82) is 0 Å². The van der Waals surface area contributed by atoms with Crippen molar-refractivity contribution in [3.05, 3.63) is 58.7 Å². The van der Waals surface area contributed by atoms with Gasteiger partial charge in [0, 0.05) is 12.1 Å². The van der Waals surface area contributed by atoms with Crippen LogP contribution in [0.25, 0.3) is 0 Å². The molecule has 0 aromatic heterocycles. The number of nitrogens with one attached hydrogen (secondary N) is 2. The van der Waals surface area contributed by atoms with Crippen molar-refractivity contribution in [2.75, 3.05) is 18.5 Å². The van der Waals surface area contributed by atoms with Crippen LogP contribution in [0.3, 0.4) is 0 Å². The van der Waals surface area contributed by atoms with Gasteiger partial charge in [-0.3, -0.25) is 9.59 Å². The molecule has 0 radical (unpaired) electrons. The normalized spacial score (nSPS) is 10.3. The van der Waals surface area contributed by atoms with E-state index in [2.05, 4.69) is 10.6 Å². The monoisotopic (exact) mass is 396 g/mol. The number of carbonyl (C=O) groups is 3. The smallest absolute Gasteiger partial charge is 0.258 e. The van der Waals surface area contributed by atoms with Crippen LogP contribution in [0.1, 0.15) is 35.6 Å². The molecule has 154 valence electrons. The lowest BCUT2D eigenvalue weighted by molar-refractivity contribution is -0.125. The molecule has 0 unspecified atom stereocenters. The van der Waals surface area contributed by atoms with Crippen molar-refractivity contribution >= 4 is 23.3 Å². The first kappa shape index (κ1) is 22.1. The summed E-state index contributed by atoms with van der Waals surface area (Å²) in [6.07, 6.45) is 1.19. The summed E-state index contributed by atoms with van der Waals surface area (Å²) in [4.78, 5) is 35.1. The van der Waals surface area contributed by atoms with Gasteiger partial charge in [-0.25, -0.2) is 0 Å². The summed E-state index contributed by atoms with van der Waals surface area (Å²) in [5.41, 5.74) is 4.91. The molecule has 2 aromatic rings. The molecular weight excluding hydrogens is 368 g/mol. The van der Waals surface area contributed by atoms with Crippen molar-refractivity contribution in [2.24, 2.45) is 0 Å². The van der Waals surface area contributed by atoms with E-state index in [0.29, 0.717) is 18.6 Å². The largest absolute Gasteiger partial charge is 0.484 e. The zero-order valence-corrected chi connectivity index (χ0v) is 17.4. The molecule has 0 aliphatic heterocycles. The van der Waals surface area contributed by atoms with Crippen LogP contribution in [0.2, 0.25) is 0 Å². The third-order valence-corrected chi connectivity index (χ3v) is 4.45. The Morgan fingerprint density at radius 3 is 2.14 bits per heavy atom. The van der Waals surface area contributed by atoms with E-state index >= 15 is 0 Å². The fourth-order valence-electron chi connectivity index (χ4n) is 3.01. The minimum atomic E-state index is -0.377. The van der Waals surface area contributed by atoms with E-state index in [1.165, 1.54) is 0 Å². The number of ketones is 1. The second-order valence-electron chi connectivity index (χ2n) is 7.23. The van der Waals surface area contributed by atoms with Gasteiger partial charge in [-0.15, -0.1) is 0 Å². The predicted molar refractivity (Wildman–Crippen MR) is 113 cm³/mol. The summed E-state index contributed by atoms with van der Waals surface area (Å²) in [5, 5.41) is 5.40. The van der Waals surface area contributed by atoms with E-state index in [0.717, 1.165) is 27.9 Å². The van der Waals surface area contributed by atoms with Crippen LogP contribution < -0.4 is 15.4 Å². The minimum absolute atomic E-state index is 0.126. The molecule has 0 atom stereocenters. The molecule has 0 saturated carbocycles. The number of Topliss-reactive ketones (excluding diaryl/α,β-unsaturated/α-hetero) is 1. The summed E-state index contributed by atoms with van der Waals surface area (Å²) < 4.78 is 5.44. The summed E-state index contributed by atoms with van der Waals surface area (Å²) in [6, 6.07) is 11.3. The van der Waals surface area contributed by atoms with Crippen LogP contribution in [0, 0.1) is 20.8 Å². The van der Waals surface area contributed by atoms with Gasteiger partial charge >= 0.3 is 0 Å². The Hall–Kier alpha value is -3.15. The van der Waals surface area contributed by atoms with E-state index in [1.54, 1.807) is 19.1 Å². The molecule has 0 fully saturated rings. The number of ether oxygens (including phenoxy) is 1. The lowest BCUT2D eigenvalue weighted by atomic mass is 10.1. The molecule has 0 aliphatic rings. The van der Waals surface area contributed by atoms with Crippen molar-refractivity contribution in [3.8, 4) is 5.75 Å². The molecule has 0 aliphatic carbocycles. The predicted octanol–water partition coefficient (Wildman–Crippen LogP) is 3.27. The van der Waals surface area contributed by atoms with E-state index in [1.807, 2.05) is 45.0 Å². The second kappa shape index (κ2) is 10.4. The number of hydrogen-bond acceptors (Lipinski definition) is 4. The third-order valence-electron chi connectivity index (χ3n) is 4.45. The number of benzene rings is 2. The van der Waals surface area contributed by atoms with Gasteiger partial charge in [0.15, 0.2) is 6.61 Å². The van der Waals surface area contributed by atoms with Gasteiger partial charge in [-0.1, -0.05) is 29.8 Å². The van der Waals surface area contributed by atoms with Crippen LogP contribution in [0.5, 0.6) is 5.75 Å². The molecule has 2 aromatic carbocycles. The first-order valence-corrected chi connectivity index (χ1v) is 9.60. The molecule has 2 rings (SSSR count). The Morgan fingerprint density at radius 1 is 0.931 bits per heavy atom. The van der Waals surface area contributed by atoms with Crippen LogP contribution in [-0.4, -0.2) is 30.7 Å². The minimum Gasteiger partial charge on any atom is -0.484 e. The van der Waals surface area contributed by atoms with Gasteiger partial charge in [0.2, 0.25) is 5.91 Å². The Morgan fingerprint density at radius 2 is 1.55 bits per heavy atom. The maximum atomic E-state index is 12.1. The van der Waals surface area contributed by atoms with Crippen molar-refractivity contribution < 1.29 is 19.1 Å². The molecule has 2 N–H and O–H groups in total. The number of rotatable bonds is 9. The quantitative estimate of drug-likeness (QED) is 0.681. The third kappa shape index (κ3) is 7.41.